The lowest BCUT2D eigenvalue weighted by Gasteiger charge is -2.19. The molecule has 0 radical (unpaired) electrons. The van der Waals surface area contributed by atoms with Crippen molar-refractivity contribution < 1.29 is 4.79 Å². The van der Waals surface area contributed by atoms with E-state index < -0.39 is 0 Å². The van der Waals surface area contributed by atoms with Crippen molar-refractivity contribution in [2.45, 2.75) is 31.8 Å². The number of hydrogen-bond donors (Lipinski definition) is 2. The van der Waals surface area contributed by atoms with E-state index in [4.69, 9.17) is 11.6 Å². The molecule has 1 aliphatic carbocycles. The number of aryl methyl sites for hydroxylation is 1. The normalized spacial score (nSPS) is 17.8. The third-order valence-electron chi connectivity index (χ3n) is 3.96. The Labute approximate surface area is 134 Å². The van der Waals surface area contributed by atoms with E-state index in [2.05, 4.69) is 33.8 Å². The smallest absolute Gasteiger partial charge is 0.242 e. The molecule has 0 spiro atoms. The summed E-state index contributed by atoms with van der Waals surface area (Å²) in [6, 6.07) is 11.7. The molecule has 1 aromatic heterocycles. The van der Waals surface area contributed by atoms with Crippen molar-refractivity contribution in [3.8, 4) is 0 Å². The van der Waals surface area contributed by atoms with Crippen LogP contribution in [-0.2, 0) is 11.2 Å². The Hall–Kier alpha value is -1.91. The molecule has 2 aromatic rings. The molecule has 5 heteroatoms. The summed E-state index contributed by atoms with van der Waals surface area (Å²) in [5, 5.41) is 6.74. The number of nitrogens with zero attached hydrogens (tertiary/aromatic N) is 1. The second-order valence-corrected chi connectivity index (χ2v) is 5.97. The van der Waals surface area contributed by atoms with Crippen molar-refractivity contribution in [3.05, 3.63) is 58.7 Å². The average Bonchev–Trinajstić information content (AvgIpc) is 2.93. The number of fused-ring (bicyclic) bond motifs is 1. The number of nitrogens with one attached hydrogen (secondary N) is 2. The summed E-state index contributed by atoms with van der Waals surface area (Å²) in [6.45, 7) is 1.87. The van der Waals surface area contributed by atoms with Crippen LogP contribution < -0.4 is 10.6 Å². The monoisotopic (exact) mass is 315 g/mol. The highest BCUT2D eigenvalue weighted by Gasteiger charge is 2.25. The molecule has 1 amide bonds. The molecule has 0 fully saturated rings. The molecular formula is C17H18ClN3O. The van der Waals surface area contributed by atoms with Crippen LogP contribution in [-0.4, -0.2) is 16.9 Å². The molecule has 114 valence electrons. The second kappa shape index (κ2) is 6.46. The van der Waals surface area contributed by atoms with Gasteiger partial charge in [0.2, 0.25) is 5.91 Å². The summed E-state index contributed by atoms with van der Waals surface area (Å²) in [4.78, 5) is 16.3. The first-order valence-electron chi connectivity index (χ1n) is 7.40. The molecule has 4 nitrogen and oxygen atoms in total. The summed E-state index contributed by atoms with van der Waals surface area (Å²) in [7, 11) is 0. The minimum absolute atomic E-state index is 0.0980. The number of pyridine rings is 1. The zero-order valence-electron chi connectivity index (χ0n) is 12.3. The van der Waals surface area contributed by atoms with Crippen molar-refractivity contribution in [2.24, 2.45) is 0 Å². The summed E-state index contributed by atoms with van der Waals surface area (Å²) >= 11 is 5.78. The SMILES string of the molecule is CC(NC1CCc2ccccc21)C(=O)Nc1ccc(Cl)cn1. The first-order chi connectivity index (χ1) is 10.6. The van der Waals surface area contributed by atoms with E-state index in [-0.39, 0.29) is 18.0 Å². The molecule has 1 heterocycles. The molecule has 22 heavy (non-hydrogen) atoms. The number of carbonyl (C=O) groups excluding carboxylic acids is 1. The highest BCUT2D eigenvalue weighted by molar-refractivity contribution is 6.30. The van der Waals surface area contributed by atoms with Gasteiger partial charge in [-0.2, -0.15) is 0 Å². The molecule has 2 atom stereocenters. The summed E-state index contributed by atoms with van der Waals surface area (Å²) in [5.74, 6) is 0.411. The molecule has 2 N–H and O–H groups in total. The molecule has 3 rings (SSSR count). The Morgan fingerprint density at radius 1 is 1.32 bits per heavy atom. The zero-order valence-corrected chi connectivity index (χ0v) is 13.1. The lowest BCUT2D eigenvalue weighted by molar-refractivity contribution is -0.118. The summed E-state index contributed by atoms with van der Waals surface area (Å²) in [6.07, 6.45) is 3.60. The standard InChI is InChI=1S/C17H18ClN3O/c1-11(17(22)21-16-9-7-13(18)10-19-16)20-15-8-6-12-4-2-3-5-14(12)15/h2-5,7,9-11,15,20H,6,8H2,1H3,(H,19,21,22). The number of rotatable bonds is 4. The van der Waals surface area contributed by atoms with Crippen molar-refractivity contribution in [3.63, 3.8) is 0 Å². The molecule has 0 saturated carbocycles. The number of carbonyl (C=O) groups is 1. The zero-order chi connectivity index (χ0) is 15.5. The Kier molecular flexibility index (Phi) is 4.41. The van der Waals surface area contributed by atoms with Gasteiger partial charge in [0, 0.05) is 12.2 Å². The van der Waals surface area contributed by atoms with Crippen molar-refractivity contribution in [1.29, 1.82) is 0 Å². The molecular weight excluding hydrogens is 298 g/mol. The van der Waals surface area contributed by atoms with Gasteiger partial charge in [-0.25, -0.2) is 4.98 Å². The Morgan fingerprint density at radius 2 is 2.14 bits per heavy atom. The van der Waals surface area contributed by atoms with Gasteiger partial charge >= 0.3 is 0 Å². The van der Waals surface area contributed by atoms with E-state index in [1.165, 1.54) is 17.3 Å². The number of amides is 1. The van der Waals surface area contributed by atoms with Gasteiger partial charge in [0.25, 0.3) is 0 Å². The fourth-order valence-electron chi connectivity index (χ4n) is 2.79. The molecule has 2 unspecified atom stereocenters. The number of anilines is 1. The van der Waals surface area contributed by atoms with Crippen LogP contribution >= 0.6 is 11.6 Å². The third-order valence-corrected chi connectivity index (χ3v) is 4.18. The lowest BCUT2D eigenvalue weighted by Crippen LogP contribution is -2.39. The topological polar surface area (TPSA) is 54.0 Å². The maximum atomic E-state index is 12.3. The van der Waals surface area contributed by atoms with Crippen LogP contribution in [0.25, 0.3) is 0 Å². The van der Waals surface area contributed by atoms with Crippen LogP contribution in [0.1, 0.15) is 30.5 Å². The molecule has 1 aromatic carbocycles. The maximum Gasteiger partial charge on any atom is 0.242 e. The predicted molar refractivity (Wildman–Crippen MR) is 88.0 cm³/mol. The van der Waals surface area contributed by atoms with E-state index >= 15 is 0 Å². The van der Waals surface area contributed by atoms with Gasteiger partial charge in [0.15, 0.2) is 0 Å². The van der Waals surface area contributed by atoms with Gasteiger partial charge in [-0.15, -0.1) is 0 Å². The highest BCUT2D eigenvalue weighted by Crippen LogP contribution is 2.31. The van der Waals surface area contributed by atoms with E-state index in [0.717, 1.165) is 12.8 Å². The van der Waals surface area contributed by atoms with Crippen LogP contribution in [0.3, 0.4) is 0 Å². The summed E-state index contributed by atoms with van der Waals surface area (Å²) in [5.41, 5.74) is 2.67. The van der Waals surface area contributed by atoms with Crippen LogP contribution in [0, 0.1) is 0 Å². The van der Waals surface area contributed by atoms with Crippen LogP contribution in [0.15, 0.2) is 42.6 Å². The molecule has 0 bridgehead atoms. The van der Waals surface area contributed by atoms with E-state index in [0.29, 0.717) is 10.8 Å². The lowest BCUT2D eigenvalue weighted by atomic mass is 10.1. The first kappa shape index (κ1) is 15.0. The number of benzene rings is 1. The Bertz CT molecular complexity index is 672. The minimum Gasteiger partial charge on any atom is -0.309 e. The predicted octanol–water partition coefficient (Wildman–Crippen LogP) is 3.34. The minimum atomic E-state index is -0.298. The average molecular weight is 316 g/mol. The molecule has 0 aliphatic heterocycles. The van der Waals surface area contributed by atoms with Crippen molar-refractivity contribution in [1.82, 2.24) is 10.3 Å². The van der Waals surface area contributed by atoms with Gasteiger partial charge < -0.3 is 5.32 Å². The fraction of sp³-hybridized carbons (Fsp3) is 0.294. The van der Waals surface area contributed by atoms with Gasteiger partial charge in [-0.1, -0.05) is 35.9 Å². The van der Waals surface area contributed by atoms with Crippen LogP contribution in [0.5, 0.6) is 0 Å². The first-order valence-corrected chi connectivity index (χ1v) is 7.77. The Balaban J connectivity index is 1.61. The fourth-order valence-corrected chi connectivity index (χ4v) is 2.90. The number of aromatic nitrogens is 1. The third kappa shape index (κ3) is 3.29. The Morgan fingerprint density at radius 3 is 2.91 bits per heavy atom. The number of hydrogen-bond acceptors (Lipinski definition) is 3. The molecule has 0 saturated heterocycles. The summed E-state index contributed by atoms with van der Waals surface area (Å²) < 4.78 is 0. The van der Waals surface area contributed by atoms with E-state index in [1.54, 1.807) is 12.1 Å². The second-order valence-electron chi connectivity index (χ2n) is 5.53. The van der Waals surface area contributed by atoms with Crippen molar-refractivity contribution in [2.75, 3.05) is 5.32 Å². The highest BCUT2D eigenvalue weighted by atomic mass is 35.5. The van der Waals surface area contributed by atoms with Crippen molar-refractivity contribution >= 4 is 23.3 Å². The van der Waals surface area contributed by atoms with E-state index in [9.17, 15) is 4.79 Å². The molecule has 1 aliphatic rings. The largest absolute Gasteiger partial charge is 0.309 e. The van der Waals surface area contributed by atoms with Crippen LogP contribution in [0.4, 0.5) is 5.82 Å². The van der Waals surface area contributed by atoms with E-state index in [1.807, 2.05) is 13.0 Å². The maximum absolute atomic E-state index is 12.3. The number of halogens is 1. The van der Waals surface area contributed by atoms with Crippen LogP contribution in [0.2, 0.25) is 5.02 Å². The van der Waals surface area contributed by atoms with Gasteiger partial charge in [0.05, 0.1) is 11.1 Å². The van der Waals surface area contributed by atoms with Gasteiger partial charge in [-0.3, -0.25) is 10.1 Å². The van der Waals surface area contributed by atoms with Gasteiger partial charge in [0.1, 0.15) is 5.82 Å². The quantitative estimate of drug-likeness (QED) is 0.910. The van der Waals surface area contributed by atoms with Gasteiger partial charge in [-0.05, 0) is 43.0 Å².